The van der Waals surface area contributed by atoms with Crippen molar-refractivity contribution in [3.05, 3.63) is 0 Å². The summed E-state index contributed by atoms with van der Waals surface area (Å²) < 4.78 is 44.8. The van der Waals surface area contributed by atoms with Crippen LogP contribution in [0.3, 0.4) is 0 Å². The fraction of sp³-hybridized carbons (Fsp3) is 1.00. The Morgan fingerprint density at radius 3 is 2.23 bits per heavy atom. The fourth-order valence-electron chi connectivity index (χ4n) is 1.09. The van der Waals surface area contributed by atoms with Gasteiger partial charge in [0.2, 0.25) is 0 Å². The molecule has 13 heavy (non-hydrogen) atoms. The molecule has 7 heteroatoms. The van der Waals surface area contributed by atoms with Gasteiger partial charge in [-0.3, -0.25) is 0 Å². The molecule has 1 saturated heterocycles. The molecular weight excluding hydrogens is 211 g/mol. The molecule has 0 radical (unpaired) electrons. The summed E-state index contributed by atoms with van der Waals surface area (Å²) >= 11 is 0. The smallest absolute Gasteiger partial charge is 0.447 e. The van der Waals surface area contributed by atoms with E-state index >= 15 is 0 Å². The summed E-state index contributed by atoms with van der Waals surface area (Å²) in [4.78, 5) is 0. The monoisotopic (exact) mass is 222 g/mol. The van der Waals surface area contributed by atoms with E-state index in [2.05, 4.69) is 4.74 Å². The van der Waals surface area contributed by atoms with Crippen LogP contribution in [0.25, 0.3) is 0 Å². The third kappa shape index (κ3) is 7.35. The first-order valence-electron chi connectivity index (χ1n) is 3.98. The van der Waals surface area contributed by atoms with Gasteiger partial charge in [-0.05, 0) is 12.8 Å². The maximum Gasteiger partial charge on any atom is 1.00 e. The minimum atomic E-state index is -4.79. The zero-order valence-electron chi connectivity index (χ0n) is 7.64. The Bertz CT molecular complexity index is 138. The van der Waals surface area contributed by atoms with Crippen LogP contribution in [0.1, 0.15) is 12.8 Å². The van der Waals surface area contributed by atoms with Gasteiger partial charge in [-0.1, -0.05) is 0 Å². The van der Waals surface area contributed by atoms with Crippen LogP contribution in [-0.4, -0.2) is 32.8 Å². The molecule has 1 rings (SSSR count). The Hall–Kier alpha value is 1.41. The largest absolute Gasteiger partial charge is 1.00 e. The Morgan fingerprint density at radius 1 is 1.23 bits per heavy atom. The normalized spacial score (nSPS) is 19.6. The topological polar surface area (TPSA) is 18.5 Å². The first-order chi connectivity index (χ1) is 5.58. The molecule has 0 bridgehead atoms. The third-order valence-electron chi connectivity index (χ3n) is 1.69. The molecule has 0 aromatic heterocycles. The molecular formula is C6H11BF3KO2. The fourth-order valence-corrected chi connectivity index (χ4v) is 1.09. The molecule has 72 valence electrons. The standard InChI is InChI=1S/C6H11BF3O2.K/c8-7(9,10)5-12-6-1-3-11-4-2-6;/h6H,1-5H2;/q-1;+1. The zero-order valence-corrected chi connectivity index (χ0v) is 10.8. The summed E-state index contributed by atoms with van der Waals surface area (Å²) in [6, 6.07) is 0. The van der Waals surface area contributed by atoms with Crippen molar-refractivity contribution in [2.45, 2.75) is 18.9 Å². The molecule has 0 aliphatic carbocycles. The van der Waals surface area contributed by atoms with Gasteiger partial charge in [0.05, 0.1) is 6.10 Å². The zero-order chi connectivity index (χ0) is 9.03. The van der Waals surface area contributed by atoms with E-state index in [1.165, 1.54) is 0 Å². The van der Waals surface area contributed by atoms with E-state index in [1.54, 1.807) is 0 Å². The van der Waals surface area contributed by atoms with Gasteiger partial charge in [-0.25, -0.2) is 0 Å². The molecule has 0 unspecified atom stereocenters. The molecule has 0 aromatic rings. The van der Waals surface area contributed by atoms with Gasteiger partial charge < -0.3 is 22.4 Å². The second kappa shape index (κ2) is 6.81. The van der Waals surface area contributed by atoms with Crippen LogP contribution in [0, 0.1) is 0 Å². The van der Waals surface area contributed by atoms with E-state index in [0.717, 1.165) is 0 Å². The van der Waals surface area contributed by atoms with Gasteiger partial charge in [0.1, 0.15) is 0 Å². The van der Waals surface area contributed by atoms with Crippen molar-refractivity contribution in [2.24, 2.45) is 0 Å². The van der Waals surface area contributed by atoms with Crippen LogP contribution in [0.2, 0.25) is 0 Å². The van der Waals surface area contributed by atoms with Crippen LogP contribution in [-0.2, 0) is 9.47 Å². The van der Waals surface area contributed by atoms with Crippen LogP contribution in [0.4, 0.5) is 12.9 Å². The molecule has 1 heterocycles. The first-order valence-corrected chi connectivity index (χ1v) is 3.98. The van der Waals surface area contributed by atoms with E-state index in [0.29, 0.717) is 26.1 Å². The molecule has 0 atom stereocenters. The van der Waals surface area contributed by atoms with Gasteiger partial charge in [-0.15, -0.1) is 0 Å². The predicted octanol–water partition coefficient (Wildman–Crippen LogP) is -1.43. The van der Waals surface area contributed by atoms with Crippen molar-refractivity contribution in [1.82, 2.24) is 0 Å². The molecule has 1 aliphatic heterocycles. The van der Waals surface area contributed by atoms with E-state index in [-0.39, 0.29) is 57.5 Å². The number of halogens is 3. The third-order valence-corrected chi connectivity index (χ3v) is 1.69. The van der Waals surface area contributed by atoms with Crippen molar-refractivity contribution in [2.75, 3.05) is 19.7 Å². The molecule has 0 spiro atoms. The summed E-state index contributed by atoms with van der Waals surface area (Å²) in [6.45, 7) is -4.85. The van der Waals surface area contributed by atoms with Crippen molar-refractivity contribution < 1.29 is 73.8 Å². The predicted molar refractivity (Wildman–Crippen MR) is 38.9 cm³/mol. The summed E-state index contributed by atoms with van der Waals surface area (Å²) in [5.74, 6) is 0. The van der Waals surface area contributed by atoms with E-state index in [1.807, 2.05) is 0 Å². The number of hydrogen-bond acceptors (Lipinski definition) is 2. The van der Waals surface area contributed by atoms with E-state index < -0.39 is 13.5 Å². The average Bonchev–Trinajstić information content (AvgIpc) is 2.02. The van der Waals surface area contributed by atoms with E-state index in [9.17, 15) is 12.9 Å². The first kappa shape index (κ1) is 14.4. The summed E-state index contributed by atoms with van der Waals surface area (Å²) in [6.07, 6.45) is 0.889. The number of hydrogen-bond donors (Lipinski definition) is 0. The van der Waals surface area contributed by atoms with Crippen molar-refractivity contribution >= 4 is 6.98 Å². The summed E-state index contributed by atoms with van der Waals surface area (Å²) in [5.41, 5.74) is 0. The van der Waals surface area contributed by atoms with Gasteiger partial charge in [0.15, 0.2) is 0 Å². The maximum atomic E-state index is 11.7. The minimum Gasteiger partial charge on any atom is -0.447 e. The number of rotatable bonds is 3. The van der Waals surface area contributed by atoms with Gasteiger partial charge in [0.25, 0.3) is 0 Å². The summed E-state index contributed by atoms with van der Waals surface area (Å²) in [7, 11) is 0. The molecule has 1 fully saturated rings. The van der Waals surface area contributed by atoms with Gasteiger partial charge in [0, 0.05) is 19.7 Å². The molecule has 0 aromatic carbocycles. The number of ether oxygens (including phenoxy) is 2. The molecule has 0 amide bonds. The second-order valence-electron chi connectivity index (χ2n) is 2.86. The Morgan fingerprint density at radius 2 is 1.77 bits per heavy atom. The molecule has 0 N–H and O–H groups in total. The SMILES string of the molecule is F[B-](F)(F)COC1CCOCC1.[K+]. The van der Waals surface area contributed by atoms with Crippen molar-refractivity contribution in [3.8, 4) is 0 Å². The summed E-state index contributed by atoms with van der Waals surface area (Å²) in [5, 5.41) is 0. The van der Waals surface area contributed by atoms with Crippen LogP contribution in [0.5, 0.6) is 0 Å². The van der Waals surface area contributed by atoms with Crippen LogP contribution in [0.15, 0.2) is 0 Å². The Labute approximate surface area is 118 Å². The molecule has 2 nitrogen and oxygen atoms in total. The average molecular weight is 222 g/mol. The Balaban J connectivity index is 0.00000144. The van der Waals surface area contributed by atoms with Crippen molar-refractivity contribution in [3.63, 3.8) is 0 Å². The maximum absolute atomic E-state index is 11.7. The minimum absolute atomic E-state index is 0. The van der Waals surface area contributed by atoms with Crippen LogP contribution < -0.4 is 51.4 Å². The van der Waals surface area contributed by atoms with E-state index in [4.69, 9.17) is 4.74 Å². The van der Waals surface area contributed by atoms with Crippen LogP contribution >= 0.6 is 0 Å². The van der Waals surface area contributed by atoms with Gasteiger partial charge in [-0.2, -0.15) is 0 Å². The quantitative estimate of drug-likeness (QED) is 0.545. The van der Waals surface area contributed by atoms with Gasteiger partial charge >= 0.3 is 58.4 Å². The molecule has 1 aliphatic rings. The molecule has 0 saturated carbocycles. The second-order valence-corrected chi connectivity index (χ2v) is 2.86. The van der Waals surface area contributed by atoms with Crippen molar-refractivity contribution in [1.29, 1.82) is 0 Å². The Kier molecular flexibility index (Phi) is 7.55.